The second kappa shape index (κ2) is 7.40. The lowest BCUT2D eigenvalue weighted by Crippen LogP contribution is -2.44. The summed E-state index contributed by atoms with van der Waals surface area (Å²) >= 11 is 5.94. The van der Waals surface area contributed by atoms with Gasteiger partial charge in [-0.2, -0.15) is 0 Å². The van der Waals surface area contributed by atoms with Crippen LogP contribution in [0.5, 0.6) is 0 Å². The van der Waals surface area contributed by atoms with Gasteiger partial charge in [-0.3, -0.25) is 14.5 Å². The Balaban J connectivity index is 1.55. The summed E-state index contributed by atoms with van der Waals surface area (Å²) in [6, 6.07) is 6.35. The van der Waals surface area contributed by atoms with Crippen LogP contribution in [0.3, 0.4) is 0 Å². The average Bonchev–Trinajstić information content (AvgIpc) is 2.82. The van der Waals surface area contributed by atoms with E-state index in [1.165, 1.54) is 4.90 Å². The molecule has 1 aromatic carbocycles. The fourth-order valence-electron chi connectivity index (χ4n) is 2.90. The van der Waals surface area contributed by atoms with E-state index in [4.69, 9.17) is 16.3 Å². The molecular weight excluding hydrogens is 318 g/mol. The van der Waals surface area contributed by atoms with Gasteiger partial charge in [-0.1, -0.05) is 17.7 Å². The zero-order valence-electron chi connectivity index (χ0n) is 12.8. The van der Waals surface area contributed by atoms with Crippen LogP contribution >= 0.6 is 11.6 Å². The third-order valence-electron chi connectivity index (χ3n) is 4.14. The minimum absolute atomic E-state index is 0.189. The van der Waals surface area contributed by atoms with Gasteiger partial charge in [0.15, 0.2) is 0 Å². The Kier molecular flexibility index (Phi) is 5.27. The average molecular weight is 338 g/mol. The molecule has 0 unspecified atom stereocenters. The highest BCUT2D eigenvalue weighted by molar-refractivity contribution is 6.31. The SMILES string of the molecule is O=C1C[C@@H](NCCN2CCOCC2)C(=O)N1c1cccc(Cl)c1. The van der Waals surface area contributed by atoms with Crippen molar-refractivity contribution in [3.63, 3.8) is 0 Å². The molecule has 1 aromatic rings. The van der Waals surface area contributed by atoms with Crippen molar-refractivity contribution in [1.82, 2.24) is 10.2 Å². The maximum atomic E-state index is 12.5. The van der Waals surface area contributed by atoms with Crippen LogP contribution in [0.15, 0.2) is 24.3 Å². The van der Waals surface area contributed by atoms with Gasteiger partial charge < -0.3 is 10.1 Å². The van der Waals surface area contributed by atoms with Gasteiger partial charge in [-0.05, 0) is 18.2 Å². The summed E-state index contributed by atoms with van der Waals surface area (Å²) in [5.74, 6) is -0.402. The van der Waals surface area contributed by atoms with Crippen molar-refractivity contribution >= 4 is 29.1 Å². The second-order valence-electron chi connectivity index (χ2n) is 5.71. The Morgan fingerprint density at radius 1 is 1.26 bits per heavy atom. The third kappa shape index (κ3) is 3.90. The van der Waals surface area contributed by atoms with Crippen LogP contribution in [-0.2, 0) is 14.3 Å². The van der Waals surface area contributed by atoms with Crippen molar-refractivity contribution in [2.24, 2.45) is 0 Å². The van der Waals surface area contributed by atoms with E-state index < -0.39 is 6.04 Å². The monoisotopic (exact) mass is 337 g/mol. The molecule has 0 saturated carbocycles. The van der Waals surface area contributed by atoms with Crippen LogP contribution in [-0.4, -0.2) is 62.1 Å². The Bertz CT molecular complexity index is 590. The lowest BCUT2D eigenvalue weighted by atomic mass is 10.2. The van der Waals surface area contributed by atoms with E-state index in [-0.39, 0.29) is 18.2 Å². The fourth-order valence-corrected chi connectivity index (χ4v) is 3.08. The summed E-state index contributed by atoms with van der Waals surface area (Å²) in [5, 5.41) is 3.70. The van der Waals surface area contributed by atoms with Crippen molar-refractivity contribution in [3.8, 4) is 0 Å². The van der Waals surface area contributed by atoms with Gasteiger partial charge in [0, 0.05) is 31.2 Å². The molecule has 0 aromatic heterocycles. The number of benzene rings is 1. The van der Waals surface area contributed by atoms with Crippen molar-refractivity contribution in [1.29, 1.82) is 0 Å². The molecule has 2 amide bonds. The van der Waals surface area contributed by atoms with E-state index in [1.807, 2.05) is 0 Å². The fraction of sp³-hybridized carbons (Fsp3) is 0.500. The number of hydrogen-bond donors (Lipinski definition) is 1. The van der Waals surface area contributed by atoms with E-state index in [9.17, 15) is 9.59 Å². The maximum absolute atomic E-state index is 12.5. The zero-order chi connectivity index (χ0) is 16.2. The minimum atomic E-state index is -0.456. The number of imide groups is 1. The van der Waals surface area contributed by atoms with Gasteiger partial charge in [0.1, 0.15) is 0 Å². The number of nitrogens with zero attached hydrogens (tertiary/aromatic N) is 2. The van der Waals surface area contributed by atoms with Crippen molar-refractivity contribution < 1.29 is 14.3 Å². The molecule has 0 aliphatic carbocycles. The normalized spacial score (nSPS) is 22.8. The largest absolute Gasteiger partial charge is 0.379 e. The number of carbonyl (C=O) groups is 2. The van der Waals surface area contributed by atoms with Crippen LogP contribution in [0.2, 0.25) is 5.02 Å². The summed E-state index contributed by atoms with van der Waals surface area (Å²) in [6.07, 6.45) is 0.189. The molecule has 6 nitrogen and oxygen atoms in total. The molecule has 2 heterocycles. The predicted molar refractivity (Wildman–Crippen MR) is 87.6 cm³/mol. The summed E-state index contributed by atoms with van der Waals surface area (Å²) in [7, 11) is 0. The molecule has 23 heavy (non-hydrogen) atoms. The van der Waals surface area contributed by atoms with Crippen LogP contribution in [0, 0.1) is 0 Å². The molecule has 3 rings (SSSR count). The molecule has 0 radical (unpaired) electrons. The molecule has 0 bridgehead atoms. The number of rotatable bonds is 5. The molecule has 2 saturated heterocycles. The number of amides is 2. The number of halogens is 1. The van der Waals surface area contributed by atoms with Crippen molar-refractivity contribution in [3.05, 3.63) is 29.3 Å². The van der Waals surface area contributed by atoms with Crippen LogP contribution < -0.4 is 10.2 Å². The van der Waals surface area contributed by atoms with Crippen LogP contribution in [0.25, 0.3) is 0 Å². The van der Waals surface area contributed by atoms with Crippen LogP contribution in [0.1, 0.15) is 6.42 Å². The lowest BCUT2D eigenvalue weighted by Gasteiger charge is -2.27. The van der Waals surface area contributed by atoms with E-state index >= 15 is 0 Å². The van der Waals surface area contributed by atoms with Gasteiger partial charge in [-0.15, -0.1) is 0 Å². The van der Waals surface area contributed by atoms with E-state index in [2.05, 4.69) is 10.2 Å². The van der Waals surface area contributed by atoms with Gasteiger partial charge in [0.05, 0.1) is 31.4 Å². The highest BCUT2D eigenvalue weighted by atomic mass is 35.5. The number of hydrogen-bond acceptors (Lipinski definition) is 5. The molecule has 2 fully saturated rings. The molecule has 2 aliphatic heterocycles. The molecule has 0 spiro atoms. The Morgan fingerprint density at radius 3 is 2.78 bits per heavy atom. The van der Waals surface area contributed by atoms with Crippen LogP contribution in [0.4, 0.5) is 5.69 Å². The molecule has 1 atom stereocenters. The van der Waals surface area contributed by atoms with E-state index in [1.54, 1.807) is 24.3 Å². The highest BCUT2D eigenvalue weighted by Gasteiger charge is 2.39. The molecule has 124 valence electrons. The Labute approximate surface area is 140 Å². The minimum Gasteiger partial charge on any atom is -0.379 e. The number of ether oxygens (including phenoxy) is 1. The van der Waals surface area contributed by atoms with E-state index in [0.717, 1.165) is 32.8 Å². The molecule has 1 N–H and O–H groups in total. The van der Waals surface area contributed by atoms with Crippen molar-refractivity contribution in [2.45, 2.75) is 12.5 Å². The summed E-state index contributed by atoms with van der Waals surface area (Å²) in [4.78, 5) is 28.1. The number of morpholine rings is 1. The maximum Gasteiger partial charge on any atom is 0.251 e. The number of anilines is 1. The molecule has 2 aliphatic rings. The Morgan fingerprint density at radius 2 is 2.04 bits per heavy atom. The van der Waals surface area contributed by atoms with Gasteiger partial charge in [-0.25, -0.2) is 4.90 Å². The highest BCUT2D eigenvalue weighted by Crippen LogP contribution is 2.25. The second-order valence-corrected chi connectivity index (χ2v) is 6.15. The Hall–Kier alpha value is -1.47. The number of nitrogens with one attached hydrogen (secondary N) is 1. The standard InChI is InChI=1S/C16H20ClN3O3/c17-12-2-1-3-13(10-12)20-15(21)11-14(16(20)22)18-4-5-19-6-8-23-9-7-19/h1-3,10,14,18H,4-9,11H2/t14-/m1/s1. The lowest BCUT2D eigenvalue weighted by molar-refractivity contribution is -0.121. The first-order valence-corrected chi connectivity index (χ1v) is 8.19. The van der Waals surface area contributed by atoms with Gasteiger partial charge >= 0.3 is 0 Å². The summed E-state index contributed by atoms with van der Waals surface area (Å²) in [5.41, 5.74) is 0.532. The molecular formula is C16H20ClN3O3. The zero-order valence-corrected chi connectivity index (χ0v) is 13.6. The predicted octanol–water partition coefficient (Wildman–Crippen LogP) is 0.894. The van der Waals surface area contributed by atoms with Gasteiger partial charge in [0.25, 0.3) is 5.91 Å². The first-order valence-electron chi connectivity index (χ1n) is 7.81. The smallest absolute Gasteiger partial charge is 0.251 e. The number of carbonyl (C=O) groups excluding carboxylic acids is 2. The topological polar surface area (TPSA) is 61.9 Å². The first kappa shape index (κ1) is 16.4. The summed E-state index contributed by atoms with van der Waals surface area (Å²) in [6.45, 7) is 4.85. The third-order valence-corrected chi connectivity index (χ3v) is 4.37. The quantitative estimate of drug-likeness (QED) is 0.809. The van der Waals surface area contributed by atoms with Gasteiger partial charge in [0.2, 0.25) is 5.91 Å². The molecule has 7 heteroatoms. The van der Waals surface area contributed by atoms with E-state index in [0.29, 0.717) is 17.3 Å². The summed E-state index contributed by atoms with van der Waals surface area (Å²) < 4.78 is 5.30. The first-order chi connectivity index (χ1) is 11.1. The van der Waals surface area contributed by atoms with Crippen molar-refractivity contribution in [2.75, 3.05) is 44.3 Å².